The fourth-order valence-electron chi connectivity index (χ4n) is 5.44. The van der Waals surface area contributed by atoms with Crippen molar-refractivity contribution in [3.05, 3.63) is 59.7 Å². The summed E-state index contributed by atoms with van der Waals surface area (Å²) in [6.07, 6.45) is 10.4. The monoisotopic (exact) mass is 416 g/mol. The van der Waals surface area contributed by atoms with Gasteiger partial charge in [0.2, 0.25) is 0 Å². The first-order chi connectivity index (χ1) is 15.3. The fourth-order valence-corrected chi connectivity index (χ4v) is 5.44. The lowest BCUT2D eigenvalue weighted by Crippen LogP contribution is -2.47. The molecule has 0 spiro atoms. The zero-order chi connectivity index (χ0) is 20.8. The van der Waals surface area contributed by atoms with E-state index < -0.39 is 0 Å². The highest BCUT2D eigenvalue weighted by Crippen LogP contribution is 2.34. The lowest BCUT2D eigenvalue weighted by Gasteiger charge is -2.36. The molecule has 1 saturated carbocycles. The molecule has 31 heavy (non-hydrogen) atoms. The molecule has 3 aromatic rings. The Kier molecular flexibility index (Phi) is 4.92. The number of nitrogens with one attached hydrogen (secondary N) is 1. The van der Waals surface area contributed by atoms with Crippen molar-refractivity contribution in [3.63, 3.8) is 0 Å². The van der Waals surface area contributed by atoms with Gasteiger partial charge >= 0.3 is 0 Å². The molecule has 3 aromatic heterocycles. The van der Waals surface area contributed by atoms with Crippen LogP contribution in [0.1, 0.15) is 61.1 Å². The molecule has 0 bridgehead atoms. The number of imidazole rings is 1. The Balaban J connectivity index is 1.24. The average Bonchev–Trinajstić information content (AvgIpc) is 3.57. The van der Waals surface area contributed by atoms with Gasteiger partial charge in [-0.3, -0.25) is 14.3 Å². The van der Waals surface area contributed by atoms with Crippen molar-refractivity contribution in [2.75, 3.05) is 31.1 Å². The van der Waals surface area contributed by atoms with E-state index in [4.69, 9.17) is 4.98 Å². The van der Waals surface area contributed by atoms with E-state index in [1.807, 2.05) is 12.3 Å². The number of pyridine rings is 2. The minimum Gasteiger partial charge on any atom is -0.355 e. The third-order valence-corrected chi connectivity index (χ3v) is 7.32. The van der Waals surface area contributed by atoms with Gasteiger partial charge in [0.1, 0.15) is 11.5 Å². The first-order valence-electron chi connectivity index (χ1n) is 11.9. The van der Waals surface area contributed by atoms with Gasteiger partial charge in [-0.2, -0.15) is 0 Å². The summed E-state index contributed by atoms with van der Waals surface area (Å²) < 4.78 is 2.30. The smallest absolute Gasteiger partial charge is 0.138 e. The van der Waals surface area contributed by atoms with Crippen LogP contribution in [-0.4, -0.2) is 51.5 Å². The van der Waals surface area contributed by atoms with Crippen LogP contribution in [0.15, 0.2) is 42.7 Å². The minimum atomic E-state index is 0.277. The molecule has 0 amide bonds. The highest BCUT2D eigenvalue weighted by molar-refractivity contribution is 5.53. The van der Waals surface area contributed by atoms with Crippen molar-refractivity contribution in [2.24, 2.45) is 0 Å². The number of piperazine rings is 1. The quantitative estimate of drug-likeness (QED) is 0.700. The summed E-state index contributed by atoms with van der Waals surface area (Å²) in [5.41, 5.74) is 4.66. The van der Waals surface area contributed by atoms with Gasteiger partial charge in [0.25, 0.3) is 0 Å². The molecule has 2 unspecified atom stereocenters. The average molecular weight is 417 g/mol. The van der Waals surface area contributed by atoms with Crippen molar-refractivity contribution in [2.45, 2.75) is 57.2 Å². The zero-order valence-electron chi connectivity index (χ0n) is 18.4. The summed E-state index contributed by atoms with van der Waals surface area (Å²) in [6, 6.07) is 12.2. The first-order valence-corrected chi connectivity index (χ1v) is 11.9. The molecule has 162 valence electrons. The van der Waals surface area contributed by atoms with Crippen molar-refractivity contribution < 1.29 is 0 Å². The van der Waals surface area contributed by atoms with Crippen molar-refractivity contribution in [3.8, 4) is 0 Å². The molecule has 2 aliphatic heterocycles. The number of hydrogen-bond donors (Lipinski definition) is 1. The number of hydrogen-bond acceptors (Lipinski definition) is 5. The first kappa shape index (κ1) is 19.3. The number of fused-ring (bicyclic) bond motifs is 1. The predicted octanol–water partition coefficient (Wildman–Crippen LogP) is 3.88. The number of piperidine rings is 1. The van der Waals surface area contributed by atoms with Crippen molar-refractivity contribution in [1.29, 1.82) is 0 Å². The highest BCUT2D eigenvalue weighted by Gasteiger charge is 2.32. The second-order valence-corrected chi connectivity index (χ2v) is 9.44. The summed E-state index contributed by atoms with van der Waals surface area (Å²) in [5.74, 6) is 1.28. The molecular weight excluding hydrogens is 384 g/mol. The van der Waals surface area contributed by atoms with Gasteiger partial charge in [-0.15, -0.1) is 0 Å². The highest BCUT2D eigenvalue weighted by atomic mass is 15.3. The van der Waals surface area contributed by atoms with E-state index in [1.165, 1.54) is 49.4 Å². The van der Waals surface area contributed by atoms with Crippen LogP contribution < -0.4 is 10.2 Å². The molecule has 5 heterocycles. The Morgan fingerprint density at radius 1 is 0.935 bits per heavy atom. The second-order valence-electron chi connectivity index (χ2n) is 9.44. The standard InChI is InChI=1S/C25H32N6/c1-18-5-4-12-26-25(18)21-7-2-6-20(27-21)22-17-31-23(28-22)8-3-9-24(31)30-15-13-29(14-16-30)19-10-11-19/h3-5,8-9,12,17,19-21,27H,2,6-7,10-11,13-16H2,1H3. The van der Waals surface area contributed by atoms with Gasteiger partial charge in [0.15, 0.2) is 0 Å². The van der Waals surface area contributed by atoms with Gasteiger partial charge in [0, 0.05) is 44.6 Å². The number of rotatable bonds is 4. The maximum absolute atomic E-state index is 5.04. The van der Waals surface area contributed by atoms with Crippen LogP contribution >= 0.6 is 0 Å². The van der Waals surface area contributed by atoms with Crippen LogP contribution in [0, 0.1) is 6.92 Å². The van der Waals surface area contributed by atoms with Crippen molar-refractivity contribution >= 4 is 11.5 Å². The summed E-state index contributed by atoms with van der Waals surface area (Å²) in [6.45, 7) is 6.72. The largest absolute Gasteiger partial charge is 0.355 e. The van der Waals surface area contributed by atoms with Crippen LogP contribution in [0.4, 0.5) is 5.82 Å². The molecule has 0 aromatic carbocycles. The number of aromatic nitrogens is 3. The zero-order valence-corrected chi connectivity index (χ0v) is 18.4. The summed E-state index contributed by atoms with van der Waals surface area (Å²) in [7, 11) is 0. The van der Waals surface area contributed by atoms with Gasteiger partial charge in [0.05, 0.1) is 23.5 Å². The SMILES string of the molecule is Cc1cccnc1C1CCCC(c2cn3c(N4CCN(C5CC5)CC4)cccc3n2)N1. The van der Waals surface area contributed by atoms with E-state index in [2.05, 4.69) is 61.9 Å². The summed E-state index contributed by atoms with van der Waals surface area (Å²) in [4.78, 5) is 14.9. The third-order valence-electron chi connectivity index (χ3n) is 7.32. The Morgan fingerprint density at radius 2 is 1.77 bits per heavy atom. The maximum Gasteiger partial charge on any atom is 0.138 e. The topological polar surface area (TPSA) is 48.7 Å². The summed E-state index contributed by atoms with van der Waals surface area (Å²) >= 11 is 0. The number of anilines is 1. The summed E-state index contributed by atoms with van der Waals surface area (Å²) in [5, 5.41) is 3.85. The lowest BCUT2D eigenvalue weighted by atomic mass is 9.93. The molecule has 1 N–H and O–H groups in total. The van der Waals surface area contributed by atoms with Gasteiger partial charge in [-0.1, -0.05) is 12.1 Å². The normalized spacial score (nSPS) is 25.3. The van der Waals surface area contributed by atoms with Crippen LogP contribution in [0.25, 0.3) is 5.65 Å². The van der Waals surface area contributed by atoms with E-state index in [1.54, 1.807) is 0 Å². The lowest BCUT2D eigenvalue weighted by molar-refractivity contribution is 0.247. The molecule has 2 atom stereocenters. The van der Waals surface area contributed by atoms with E-state index in [-0.39, 0.29) is 6.04 Å². The molecule has 6 rings (SSSR count). The van der Waals surface area contributed by atoms with Crippen LogP contribution in [0.3, 0.4) is 0 Å². The van der Waals surface area contributed by atoms with Crippen LogP contribution in [0.2, 0.25) is 0 Å². The van der Waals surface area contributed by atoms with Crippen molar-refractivity contribution in [1.82, 2.24) is 24.6 Å². The maximum atomic E-state index is 5.04. The van der Waals surface area contributed by atoms with Crippen LogP contribution in [0.5, 0.6) is 0 Å². The number of nitrogens with zero attached hydrogens (tertiary/aromatic N) is 5. The molecule has 1 aliphatic carbocycles. The fraction of sp³-hybridized carbons (Fsp3) is 0.520. The van der Waals surface area contributed by atoms with Gasteiger partial charge < -0.3 is 10.2 Å². The van der Waals surface area contributed by atoms with E-state index in [9.17, 15) is 0 Å². The molecule has 6 nitrogen and oxygen atoms in total. The molecule has 3 aliphatic rings. The number of aryl methyl sites for hydroxylation is 1. The van der Waals surface area contributed by atoms with E-state index in [0.29, 0.717) is 6.04 Å². The molecular formula is C25H32N6. The Morgan fingerprint density at radius 3 is 2.58 bits per heavy atom. The Labute approximate surface area is 184 Å². The molecule has 0 radical (unpaired) electrons. The van der Waals surface area contributed by atoms with Gasteiger partial charge in [-0.05, 0) is 62.8 Å². The van der Waals surface area contributed by atoms with E-state index in [0.717, 1.165) is 43.3 Å². The molecule has 6 heteroatoms. The van der Waals surface area contributed by atoms with E-state index >= 15 is 0 Å². The predicted molar refractivity (Wildman–Crippen MR) is 123 cm³/mol. The van der Waals surface area contributed by atoms with Gasteiger partial charge in [-0.25, -0.2) is 4.98 Å². The Hall–Kier alpha value is -2.44. The van der Waals surface area contributed by atoms with Crippen LogP contribution in [-0.2, 0) is 0 Å². The third kappa shape index (κ3) is 3.72. The minimum absolute atomic E-state index is 0.277. The second kappa shape index (κ2) is 7.92. The molecule has 2 saturated heterocycles. The Bertz CT molecular complexity index is 1060. The molecule has 3 fully saturated rings.